The molecule has 1 unspecified atom stereocenters. The second kappa shape index (κ2) is 8.81. The lowest BCUT2D eigenvalue weighted by Gasteiger charge is -2.29. The van der Waals surface area contributed by atoms with Crippen LogP contribution in [0.25, 0.3) is 0 Å². The Morgan fingerprint density at radius 2 is 1.84 bits per heavy atom. The van der Waals surface area contributed by atoms with Crippen LogP contribution in [0.1, 0.15) is 39.0 Å². The molecule has 0 saturated carbocycles. The summed E-state index contributed by atoms with van der Waals surface area (Å²) in [5.74, 6) is 0.893. The second-order valence-corrected chi connectivity index (χ2v) is 5.05. The molecule has 0 bridgehead atoms. The van der Waals surface area contributed by atoms with Crippen LogP contribution in [0.2, 0.25) is 0 Å². The van der Waals surface area contributed by atoms with Crippen molar-refractivity contribution in [2.45, 2.75) is 45.1 Å². The second-order valence-electron chi connectivity index (χ2n) is 5.05. The maximum atomic E-state index is 5.92. The number of hydrogen-bond donors (Lipinski definition) is 1. The van der Waals surface area contributed by atoms with E-state index in [0.717, 1.165) is 5.75 Å². The molecule has 0 fully saturated rings. The van der Waals surface area contributed by atoms with Crippen LogP contribution >= 0.6 is 0 Å². The molecule has 3 heteroatoms. The van der Waals surface area contributed by atoms with Crippen LogP contribution in [0.15, 0.2) is 24.3 Å². The number of rotatable bonds is 9. The minimum Gasteiger partial charge on any atom is -0.497 e. The molecule has 0 aliphatic carbocycles. The highest BCUT2D eigenvalue weighted by Crippen LogP contribution is 2.21. The molecule has 1 atom stereocenters. The van der Waals surface area contributed by atoms with Gasteiger partial charge in [0, 0.05) is 25.3 Å². The number of anilines is 1. The number of hydrogen-bond acceptors (Lipinski definition) is 3. The number of methoxy groups -OCH3 is 1. The van der Waals surface area contributed by atoms with Crippen molar-refractivity contribution in [3.63, 3.8) is 0 Å². The SMILES string of the molecule is CCCCCCC(CN)N(C)c1ccc(OC)cc1. The highest BCUT2D eigenvalue weighted by atomic mass is 16.5. The summed E-state index contributed by atoms with van der Waals surface area (Å²) in [7, 11) is 3.81. The number of unbranched alkanes of at least 4 members (excludes halogenated alkanes) is 3. The molecule has 0 aliphatic rings. The van der Waals surface area contributed by atoms with Gasteiger partial charge in [0.1, 0.15) is 5.75 Å². The molecule has 1 rings (SSSR count). The molecular formula is C16H28N2O. The molecule has 0 heterocycles. The van der Waals surface area contributed by atoms with Gasteiger partial charge in [-0.3, -0.25) is 0 Å². The van der Waals surface area contributed by atoms with Gasteiger partial charge in [0.15, 0.2) is 0 Å². The van der Waals surface area contributed by atoms with E-state index in [1.807, 2.05) is 12.1 Å². The molecule has 2 N–H and O–H groups in total. The zero-order valence-corrected chi connectivity index (χ0v) is 12.6. The molecule has 0 saturated heterocycles. The summed E-state index contributed by atoms with van der Waals surface area (Å²) < 4.78 is 5.18. The van der Waals surface area contributed by atoms with Gasteiger partial charge in [0.2, 0.25) is 0 Å². The van der Waals surface area contributed by atoms with E-state index in [1.165, 1.54) is 37.8 Å². The zero-order chi connectivity index (χ0) is 14.1. The molecule has 3 nitrogen and oxygen atoms in total. The lowest BCUT2D eigenvalue weighted by atomic mass is 10.1. The summed E-state index contributed by atoms with van der Waals surface area (Å²) in [6.07, 6.45) is 6.34. The van der Waals surface area contributed by atoms with E-state index in [2.05, 4.69) is 31.0 Å². The topological polar surface area (TPSA) is 38.5 Å². The van der Waals surface area contributed by atoms with Gasteiger partial charge < -0.3 is 15.4 Å². The highest BCUT2D eigenvalue weighted by Gasteiger charge is 2.13. The van der Waals surface area contributed by atoms with E-state index < -0.39 is 0 Å². The van der Waals surface area contributed by atoms with Crippen molar-refractivity contribution in [1.29, 1.82) is 0 Å². The summed E-state index contributed by atoms with van der Waals surface area (Å²) >= 11 is 0. The summed E-state index contributed by atoms with van der Waals surface area (Å²) in [5.41, 5.74) is 7.12. The zero-order valence-electron chi connectivity index (χ0n) is 12.6. The summed E-state index contributed by atoms with van der Waals surface area (Å²) in [4.78, 5) is 2.28. The molecule has 0 amide bonds. The predicted octanol–water partition coefficient (Wildman–Crippen LogP) is 3.43. The molecular weight excluding hydrogens is 236 g/mol. The third kappa shape index (κ3) is 5.11. The van der Waals surface area contributed by atoms with Crippen LogP contribution in [0.4, 0.5) is 5.69 Å². The van der Waals surface area contributed by atoms with Crippen molar-refractivity contribution >= 4 is 5.69 Å². The third-order valence-corrected chi connectivity index (χ3v) is 3.69. The maximum absolute atomic E-state index is 5.92. The van der Waals surface area contributed by atoms with Crippen LogP contribution in [-0.4, -0.2) is 26.7 Å². The molecule has 0 aliphatic heterocycles. The Hall–Kier alpha value is -1.22. The van der Waals surface area contributed by atoms with E-state index in [4.69, 9.17) is 10.5 Å². The van der Waals surface area contributed by atoms with Gasteiger partial charge in [0.25, 0.3) is 0 Å². The van der Waals surface area contributed by atoms with E-state index in [1.54, 1.807) is 7.11 Å². The Bertz CT molecular complexity index is 337. The van der Waals surface area contributed by atoms with Crippen molar-refractivity contribution in [3.05, 3.63) is 24.3 Å². The third-order valence-electron chi connectivity index (χ3n) is 3.69. The van der Waals surface area contributed by atoms with Crippen LogP contribution in [0.3, 0.4) is 0 Å². The maximum Gasteiger partial charge on any atom is 0.119 e. The van der Waals surface area contributed by atoms with Crippen molar-refractivity contribution in [2.24, 2.45) is 5.73 Å². The fourth-order valence-electron chi connectivity index (χ4n) is 2.30. The first-order valence-electron chi connectivity index (χ1n) is 7.29. The first-order valence-corrected chi connectivity index (χ1v) is 7.29. The molecule has 0 radical (unpaired) electrons. The minimum absolute atomic E-state index is 0.422. The first kappa shape index (κ1) is 15.8. The standard InChI is InChI=1S/C16H28N2O/c1-4-5-6-7-8-15(13-17)18(2)14-9-11-16(19-3)12-10-14/h9-12,15H,4-8,13,17H2,1-3H3. The molecule has 0 aromatic heterocycles. The highest BCUT2D eigenvalue weighted by molar-refractivity contribution is 5.49. The minimum atomic E-state index is 0.422. The monoisotopic (exact) mass is 264 g/mol. The smallest absolute Gasteiger partial charge is 0.119 e. The van der Waals surface area contributed by atoms with Crippen LogP contribution in [0, 0.1) is 0 Å². The molecule has 19 heavy (non-hydrogen) atoms. The number of likely N-dealkylation sites (N-methyl/N-ethyl adjacent to an activating group) is 1. The van der Waals surface area contributed by atoms with Gasteiger partial charge in [-0.25, -0.2) is 0 Å². The van der Waals surface area contributed by atoms with Crippen molar-refractivity contribution < 1.29 is 4.74 Å². The Morgan fingerprint density at radius 1 is 1.16 bits per heavy atom. The molecule has 0 spiro atoms. The van der Waals surface area contributed by atoms with Crippen molar-refractivity contribution in [1.82, 2.24) is 0 Å². The van der Waals surface area contributed by atoms with Gasteiger partial charge >= 0.3 is 0 Å². The average Bonchev–Trinajstić information content (AvgIpc) is 2.47. The van der Waals surface area contributed by atoms with Crippen molar-refractivity contribution in [2.75, 3.05) is 25.6 Å². The van der Waals surface area contributed by atoms with Gasteiger partial charge in [-0.1, -0.05) is 32.6 Å². The van der Waals surface area contributed by atoms with E-state index in [-0.39, 0.29) is 0 Å². The summed E-state index contributed by atoms with van der Waals surface area (Å²) in [6.45, 7) is 2.94. The largest absolute Gasteiger partial charge is 0.497 e. The average molecular weight is 264 g/mol. The Labute approximate surface area is 117 Å². The van der Waals surface area contributed by atoms with Gasteiger partial charge in [0.05, 0.1) is 7.11 Å². The van der Waals surface area contributed by atoms with Crippen molar-refractivity contribution in [3.8, 4) is 5.75 Å². The van der Waals surface area contributed by atoms with Crippen LogP contribution in [-0.2, 0) is 0 Å². The number of nitrogens with zero attached hydrogens (tertiary/aromatic N) is 1. The molecule has 108 valence electrons. The Morgan fingerprint density at radius 3 is 2.37 bits per heavy atom. The van der Waals surface area contributed by atoms with E-state index in [9.17, 15) is 0 Å². The van der Waals surface area contributed by atoms with E-state index >= 15 is 0 Å². The first-order chi connectivity index (χ1) is 9.22. The lowest BCUT2D eigenvalue weighted by Crippen LogP contribution is -2.37. The van der Waals surface area contributed by atoms with Gasteiger partial charge in [-0.05, 0) is 30.7 Å². The molecule has 1 aromatic carbocycles. The Kier molecular flexibility index (Phi) is 7.34. The van der Waals surface area contributed by atoms with E-state index in [0.29, 0.717) is 12.6 Å². The van der Waals surface area contributed by atoms with Crippen LogP contribution in [0.5, 0.6) is 5.75 Å². The number of nitrogens with two attached hydrogens (primary N) is 1. The fraction of sp³-hybridized carbons (Fsp3) is 0.625. The summed E-state index contributed by atoms with van der Waals surface area (Å²) in [5, 5.41) is 0. The van der Waals surface area contributed by atoms with Crippen LogP contribution < -0.4 is 15.4 Å². The number of ether oxygens (including phenoxy) is 1. The lowest BCUT2D eigenvalue weighted by molar-refractivity contribution is 0.414. The predicted molar refractivity (Wildman–Crippen MR) is 83.0 cm³/mol. The normalized spacial score (nSPS) is 12.2. The quantitative estimate of drug-likeness (QED) is 0.694. The number of benzene rings is 1. The van der Waals surface area contributed by atoms with Gasteiger partial charge in [-0.15, -0.1) is 0 Å². The molecule has 1 aromatic rings. The summed E-state index contributed by atoms with van der Waals surface area (Å²) in [6, 6.07) is 8.60. The Balaban J connectivity index is 2.53. The van der Waals surface area contributed by atoms with Gasteiger partial charge in [-0.2, -0.15) is 0 Å². The fourth-order valence-corrected chi connectivity index (χ4v) is 2.30.